The fourth-order valence-electron chi connectivity index (χ4n) is 0.926. The van der Waals surface area contributed by atoms with E-state index in [2.05, 4.69) is 28.0 Å². The van der Waals surface area contributed by atoms with Crippen molar-refractivity contribution < 1.29 is 4.79 Å². The van der Waals surface area contributed by atoms with Crippen molar-refractivity contribution in [2.45, 2.75) is 0 Å². The van der Waals surface area contributed by atoms with E-state index in [0.717, 1.165) is 17.2 Å². The maximum Gasteiger partial charge on any atom is 0.151 e. The van der Waals surface area contributed by atoms with Gasteiger partial charge in [0.25, 0.3) is 0 Å². The zero-order valence-electron chi connectivity index (χ0n) is 5.33. The van der Waals surface area contributed by atoms with E-state index in [-0.39, 0.29) is 0 Å². The summed E-state index contributed by atoms with van der Waals surface area (Å²) in [5, 5.41) is 5.13. The van der Waals surface area contributed by atoms with Gasteiger partial charge in [0.15, 0.2) is 6.29 Å². The first-order chi connectivity index (χ1) is 5.33. The molecule has 1 nitrogen and oxygen atoms in total. The maximum absolute atomic E-state index is 10.5. The topological polar surface area (TPSA) is 17.1 Å². The van der Waals surface area contributed by atoms with Crippen LogP contribution in [0.15, 0.2) is 10.8 Å². The van der Waals surface area contributed by atoms with Crippen molar-refractivity contribution in [2.24, 2.45) is 0 Å². The summed E-state index contributed by atoms with van der Waals surface area (Å²) in [5.41, 5.74) is 0.829. The molecule has 0 radical (unpaired) electrons. The highest BCUT2D eigenvalue weighted by molar-refractivity contribution is 14.1. The molecule has 0 saturated heterocycles. The molecule has 0 aliphatic heterocycles. The second kappa shape index (κ2) is 2.84. The highest BCUT2D eigenvalue weighted by Gasteiger charge is 2.07. The van der Waals surface area contributed by atoms with Gasteiger partial charge in [-0.25, -0.2) is 0 Å². The lowest BCUT2D eigenvalue weighted by molar-refractivity contribution is 0.112. The van der Waals surface area contributed by atoms with Crippen LogP contribution in [0.4, 0.5) is 0 Å². The van der Waals surface area contributed by atoms with Gasteiger partial charge in [-0.15, -0.1) is 22.7 Å². The van der Waals surface area contributed by atoms with Crippen LogP contribution in [0.2, 0.25) is 0 Å². The molecule has 2 rings (SSSR count). The van der Waals surface area contributed by atoms with E-state index in [0.29, 0.717) is 0 Å². The lowest BCUT2D eigenvalue weighted by atomic mass is 10.3. The van der Waals surface area contributed by atoms with Crippen molar-refractivity contribution in [3.8, 4) is 0 Å². The third-order valence-electron chi connectivity index (χ3n) is 1.42. The molecule has 0 aromatic carbocycles. The van der Waals surface area contributed by atoms with Gasteiger partial charge in [0, 0.05) is 25.3 Å². The molecule has 56 valence electrons. The normalized spacial score (nSPS) is 10.6. The maximum atomic E-state index is 10.5. The summed E-state index contributed by atoms with van der Waals surface area (Å²) in [4.78, 5) is 10.5. The largest absolute Gasteiger partial charge is 0.298 e. The summed E-state index contributed by atoms with van der Waals surface area (Å²) in [5.74, 6) is 0. The third kappa shape index (κ3) is 1.13. The van der Waals surface area contributed by atoms with Crippen molar-refractivity contribution >= 4 is 61.0 Å². The first-order valence-corrected chi connectivity index (χ1v) is 5.76. The van der Waals surface area contributed by atoms with Gasteiger partial charge in [0.1, 0.15) is 0 Å². The number of thiophene rings is 2. The highest BCUT2D eigenvalue weighted by atomic mass is 127. The molecule has 0 aliphatic carbocycles. The Morgan fingerprint density at radius 3 is 2.82 bits per heavy atom. The molecule has 0 saturated carbocycles. The minimum absolute atomic E-state index is 0.829. The molecular formula is C7H3IOS2. The third-order valence-corrected chi connectivity index (χ3v) is 4.83. The molecule has 0 unspecified atom stereocenters. The van der Waals surface area contributed by atoms with E-state index in [1.165, 1.54) is 7.58 Å². The Labute approximate surface area is 85.2 Å². The van der Waals surface area contributed by atoms with Crippen molar-refractivity contribution in [2.75, 3.05) is 0 Å². The van der Waals surface area contributed by atoms with Crippen molar-refractivity contribution in [3.05, 3.63) is 19.9 Å². The fraction of sp³-hybridized carbons (Fsp3) is 0. The molecule has 0 amide bonds. The van der Waals surface area contributed by atoms with Gasteiger partial charge in [-0.3, -0.25) is 4.79 Å². The van der Waals surface area contributed by atoms with Gasteiger partial charge in [-0.1, -0.05) is 0 Å². The van der Waals surface area contributed by atoms with Gasteiger partial charge in [-0.05, 0) is 22.6 Å². The fourth-order valence-corrected chi connectivity index (χ4v) is 4.19. The molecule has 11 heavy (non-hydrogen) atoms. The molecule has 2 heterocycles. The minimum atomic E-state index is 0.829. The molecule has 2 aromatic heterocycles. The second-order valence-electron chi connectivity index (χ2n) is 2.05. The van der Waals surface area contributed by atoms with Gasteiger partial charge in [0.05, 0.1) is 4.01 Å². The molecule has 0 N–H and O–H groups in total. The summed E-state index contributed by atoms with van der Waals surface area (Å²) < 4.78 is 2.43. The van der Waals surface area contributed by atoms with Gasteiger partial charge >= 0.3 is 0 Å². The SMILES string of the molecule is O=Cc1csc2scc(I)c12. The van der Waals surface area contributed by atoms with Crippen LogP contribution >= 0.6 is 45.3 Å². The van der Waals surface area contributed by atoms with Crippen LogP contribution in [0.5, 0.6) is 0 Å². The van der Waals surface area contributed by atoms with Gasteiger partial charge in [0.2, 0.25) is 0 Å². The standard InChI is InChI=1S/C7H3IOS2/c8-5-3-11-7-6(5)4(1-9)2-10-7/h1-3H. The van der Waals surface area contributed by atoms with Gasteiger partial charge < -0.3 is 0 Å². The second-order valence-corrected chi connectivity index (χ2v) is 5.23. The zero-order valence-corrected chi connectivity index (χ0v) is 9.13. The molecular weight excluding hydrogens is 291 g/mol. The van der Waals surface area contributed by atoms with Gasteiger partial charge in [-0.2, -0.15) is 0 Å². The number of hydrogen-bond acceptors (Lipinski definition) is 3. The number of fused-ring (bicyclic) bond motifs is 1. The number of carbonyl (C=O) groups is 1. The smallest absolute Gasteiger partial charge is 0.151 e. The zero-order chi connectivity index (χ0) is 7.84. The monoisotopic (exact) mass is 294 g/mol. The predicted molar refractivity (Wildman–Crippen MR) is 57.8 cm³/mol. The first kappa shape index (κ1) is 7.70. The summed E-state index contributed by atoms with van der Waals surface area (Å²) in [6.07, 6.45) is 0.924. The van der Waals surface area contributed by atoms with Crippen molar-refractivity contribution in [1.82, 2.24) is 0 Å². The Morgan fingerprint density at radius 1 is 1.36 bits per heavy atom. The van der Waals surface area contributed by atoms with Crippen molar-refractivity contribution in [3.63, 3.8) is 0 Å². The number of hydrogen-bond donors (Lipinski definition) is 0. The van der Waals surface area contributed by atoms with Crippen LogP contribution in [0.1, 0.15) is 10.4 Å². The van der Waals surface area contributed by atoms with E-state index in [9.17, 15) is 4.79 Å². The molecule has 4 heteroatoms. The molecule has 2 aromatic rings. The summed E-state index contributed by atoms with van der Waals surface area (Å²) in [6.45, 7) is 0. The van der Waals surface area contributed by atoms with Crippen molar-refractivity contribution in [1.29, 1.82) is 0 Å². The van der Waals surface area contributed by atoms with E-state index in [1.54, 1.807) is 22.7 Å². The Kier molecular flexibility index (Phi) is 1.98. The number of rotatable bonds is 1. The lowest BCUT2D eigenvalue weighted by Gasteiger charge is -1.81. The Hall–Kier alpha value is 0.0600. The molecule has 0 fully saturated rings. The number of halogens is 1. The quantitative estimate of drug-likeness (QED) is 0.582. The Morgan fingerprint density at radius 2 is 2.09 bits per heavy atom. The Balaban J connectivity index is 2.90. The number of carbonyl (C=O) groups excluding carboxylic acids is 1. The summed E-state index contributed by atoms with van der Waals surface area (Å²) in [6, 6.07) is 0. The summed E-state index contributed by atoms with van der Waals surface area (Å²) in [7, 11) is 0. The van der Waals surface area contributed by atoms with Crippen LogP contribution in [0, 0.1) is 3.57 Å². The van der Waals surface area contributed by atoms with Crippen LogP contribution < -0.4 is 0 Å². The van der Waals surface area contributed by atoms with E-state index < -0.39 is 0 Å². The molecule has 0 bridgehead atoms. The van der Waals surface area contributed by atoms with Crippen LogP contribution in [-0.2, 0) is 0 Å². The van der Waals surface area contributed by atoms with Crippen LogP contribution in [0.3, 0.4) is 0 Å². The average molecular weight is 294 g/mol. The van der Waals surface area contributed by atoms with E-state index in [1.807, 2.05) is 5.38 Å². The number of aldehydes is 1. The molecule has 0 atom stereocenters. The van der Waals surface area contributed by atoms with Crippen LogP contribution in [-0.4, -0.2) is 6.29 Å². The van der Waals surface area contributed by atoms with Crippen LogP contribution in [0.25, 0.3) is 9.40 Å². The average Bonchev–Trinajstić information content (AvgIpc) is 2.54. The highest BCUT2D eigenvalue weighted by Crippen LogP contribution is 2.34. The van der Waals surface area contributed by atoms with E-state index >= 15 is 0 Å². The lowest BCUT2D eigenvalue weighted by Crippen LogP contribution is -1.73. The summed E-state index contributed by atoms with van der Waals surface area (Å²) >= 11 is 5.60. The predicted octanol–water partition coefficient (Wildman–Crippen LogP) is 3.38. The molecule has 0 aliphatic rings. The molecule has 0 spiro atoms. The first-order valence-electron chi connectivity index (χ1n) is 2.92. The minimum Gasteiger partial charge on any atom is -0.298 e. The van der Waals surface area contributed by atoms with E-state index in [4.69, 9.17) is 0 Å². The Bertz CT molecular complexity index is 401.